The largest absolute Gasteiger partial charge is 0.300 e. The molecule has 0 radical (unpaired) electrons. The molecule has 18 heavy (non-hydrogen) atoms. The number of rotatable bonds is 6. The molecule has 1 rings (SSSR count). The van der Waals surface area contributed by atoms with E-state index < -0.39 is 10.0 Å². The third-order valence-electron chi connectivity index (χ3n) is 1.93. The van der Waals surface area contributed by atoms with E-state index in [4.69, 9.17) is 0 Å². The molecule has 1 aromatic rings. The number of aromatic nitrogens is 2. The van der Waals surface area contributed by atoms with Crippen molar-refractivity contribution >= 4 is 32.4 Å². The van der Waals surface area contributed by atoms with E-state index >= 15 is 0 Å². The summed E-state index contributed by atoms with van der Waals surface area (Å²) >= 11 is 0.831. The summed E-state index contributed by atoms with van der Waals surface area (Å²) in [7, 11) is -3.61. The van der Waals surface area contributed by atoms with E-state index in [1.165, 1.54) is 0 Å². The number of sulfonamides is 1. The summed E-state index contributed by atoms with van der Waals surface area (Å²) in [5.74, 6) is -0.427. The van der Waals surface area contributed by atoms with Crippen LogP contribution in [0.15, 0.2) is 4.34 Å². The number of carbonyl (C=O) groups is 1. The monoisotopic (exact) mass is 292 g/mol. The lowest BCUT2D eigenvalue weighted by Gasteiger charge is -2.02. The molecule has 0 aromatic carbocycles. The average Bonchev–Trinajstić information content (AvgIpc) is 2.75. The van der Waals surface area contributed by atoms with Crippen molar-refractivity contribution in [1.82, 2.24) is 14.9 Å². The van der Waals surface area contributed by atoms with E-state index in [2.05, 4.69) is 20.2 Å². The van der Waals surface area contributed by atoms with Gasteiger partial charge in [0.05, 0.1) is 0 Å². The van der Waals surface area contributed by atoms with E-state index in [9.17, 15) is 13.2 Å². The van der Waals surface area contributed by atoms with Crippen molar-refractivity contribution in [2.75, 3.05) is 11.9 Å². The summed E-state index contributed by atoms with van der Waals surface area (Å²) in [5.41, 5.74) is 0. The molecule has 0 atom stereocenters. The van der Waals surface area contributed by atoms with E-state index in [1.54, 1.807) is 13.8 Å². The number of carbonyl (C=O) groups excluding carboxylic acids is 1. The fourth-order valence-electron chi connectivity index (χ4n) is 0.917. The van der Waals surface area contributed by atoms with Gasteiger partial charge >= 0.3 is 0 Å². The molecule has 1 amide bonds. The molecule has 1 heterocycles. The van der Waals surface area contributed by atoms with Crippen molar-refractivity contribution in [2.45, 2.75) is 31.5 Å². The van der Waals surface area contributed by atoms with Crippen molar-refractivity contribution in [3.05, 3.63) is 0 Å². The summed E-state index contributed by atoms with van der Waals surface area (Å²) in [5, 5.41) is 9.88. The molecule has 0 aliphatic carbocycles. The molecular formula is C9H16N4O3S2. The Kier molecular flexibility index (Phi) is 5.17. The zero-order chi connectivity index (χ0) is 13.8. The molecule has 0 fully saturated rings. The fourth-order valence-corrected chi connectivity index (χ4v) is 2.99. The van der Waals surface area contributed by atoms with Crippen LogP contribution in [-0.2, 0) is 14.8 Å². The van der Waals surface area contributed by atoms with Crippen LogP contribution in [-0.4, -0.2) is 31.1 Å². The van der Waals surface area contributed by atoms with Crippen molar-refractivity contribution in [3.8, 4) is 0 Å². The Hall–Kier alpha value is -1.06. The normalized spacial score (nSPS) is 11.8. The lowest BCUT2D eigenvalue weighted by atomic mass is 10.2. The Bertz CT molecular complexity index is 510. The van der Waals surface area contributed by atoms with Crippen LogP contribution in [0, 0.1) is 5.92 Å². The van der Waals surface area contributed by atoms with E-state index in [-0.39, 0.29) is 21.3 Å². The summed E-state index contributed by atoms with van der Waals surface area (Å²) < 4.78 is 25.7. The lowest BCUT2D eigenvalue weighted by molar-refractivity contribution is -0.118. The maximum absolute atomic E-state index is 11.7. The second kappa shape index (κ2) is 6.21. The topological polar surface area (TPSA) is 101 Å². The number of nitrogens with zero attached hydrogens (tertiary/aromatic N) is 2. The van der Waals surface area contributed by atoms with Gasteiger partial charge in [-0.05, 0) is 6.42 Å². The first kappa shape index (κ1) is 15.0. The Morgan fingerprint density at radius 2 is 2.06 bits per heavy atom. The van der Waals surface area contributed by atoms with Gasteiger partial charge in [-0.1, -0.05) is 32.1 Å². The third-order valence-corrected chi connectivity index (χ3v) is 4.60. The van der Waals surface area contributed by atoms with Crippen LogP contribution in [0.4, 0.5) is 5.13 Å². The first-order valence-electron chi connectivity index (χ1n) is 5.51. The quantitative estimate of drug-likeness (QED) is 0.756. The average molecular weight is 292 g/mol. The predicted octanol–water partition coefficient (Wildman–Crippen LogP) is 0.821. The molecular weight excluding hydrogens is 276 g/mol. The Morgan fingerprint density at radius 3 is 2.61 bits per heavy atom. The van der Waals surface area contributed by atoms with Gasteiger partial charge in [0.15, 0.2) is 0 Å². The van der Waals surface area contributed by atoms with Crippen molar-refractivity contribution in [3.63, 3.8) is 0 Å². The van der Waals surface area contributed by atoms with Crippen LogP contribution in [0.2, 0.25) is 0 Å². The third kappa shape index (κ3) is 4.00. The predicted molar refractivity (Wildman–Crippen MR) is 68.9 cm³/mol. The van der Waals surface area contributed by atoms with Crippen LogP contribution in [0.1, 0.15) is 27.2 Å². The van der Waals surface area contributed by atoms with Crippen molar-refractivity contribution in [2.24, 2.45) is 5.92 Å². The molecule has 0 saturated heterocycles. The summed E-state index contributed by atoms with van der Waals surface area (Å²) in [6.45, 7) is 5.67. The maximum Gasteiger partial charge on any atom is 0.269 e. The minimum Gasteiger partial charge on any atom is -0.300 e. The Balaban J connectivity index is 2.77. The minimum atomic E-state index is -3.61. The van der Waals surface area contributed by atoms with Gasteiger partial charge in [-0.2, -0.15) is 0 Å². The van der Waals surface area contributed by atoms with Crippen molar-refractivity contribution < 1.29 is 13.2 Å². The molecule has 9 heteroatoms. The standard InChI is InChI=1S/C9H16N4O3S2/c1-4-5-10-18(15,16)9-13-12-8(17-9)11-7(14)6(2)3/h6,10H,4-5H2,1-3H3,(H,11,12,14). The summed E-state index contributed by atoms with van der Waals surface area (Å²) in [6.07, 6.45) is 0.689. The molecule has 0 unspecified atom stereocenters. The van der Waals surface area contributed by atoms with E-state index in [1.807, 2.05) is 6.92 Å². The van der Waals surface area contributed by atoms with Gasteiger partial charge in [0, 0.05) is 12.5 Å². The fraction of sp³-hybridized carbons (Fsp3) is 0.667. The minimum absolute atomic E-state index is 0.144. The molecule has 0 aliphatic heterocycles. The second-order valence-corrected chi connectivity index (χ2v) is 6.83. The van der Waals surface area contributed by atoms with Gasteiger partial charge in [-0.15, -0.1) is 10.2 Å². The van der Waals surface area contributed by atoms with Gasteiger partial charge in [-0.25, -0.2) is 13.1 Å². The Morgan fingerprint density at radius 1 is 1.39 bits per heavy atom. The first-order chi connectivity index (χ1) is 8.36. The molecule has 0 spiro atoms. The SMILES string of the molecule is CCCNS(=O)(=O)c1nnc(NC(=O)C(C)C)s1. The molecule has 7 nitrogen and oxygen atoms in total. The van der Waals surface area contributed by atoms with E-state index in [0.29, 0.717) is 13.0 Å². The van der Waals surface area contributed by atoms with Crippen molar-refractivity contribution in [1.29, 1.82) is 0 Å². The molecule has 2 N–H and O–H groups in total. The summed E-state index contributed by atoms with van der Waals surface area (Å²) in [4.78, 5) is 11.4. The number of nitrogens with one attached hydrogen (secondary N) is 2. The van der Waals surface area contributed by atoms with Gasteiger partial charge in [-0.3, -0.25) is 4.79 Å². The highest BCUT2D eigenvalue weighted by molar-refractivity contribution is 7.91. The first-order valence-corrected chi connectivity index (χ1v) is 7.80. The van der Waals surface area contributed by atoms with Gasteiger partial charge in [0.25, 0.3) is 10.0 Å². The summed E-state index contributed by atoms with van der Waals surface area (Å²) in [6, 6.07) is 0. The smallest absolute Gasteiger partial charge is 0.269 e. The highest BCUT2D eigenvalue weighted by atomic mass is 32.2. The van der Waals surface area contributed by atoms with Crippen LogP contribution in [0.25, 0.3) is 0 Å². The van der Waals surface area contributed by atoms with Gasteiger partial charge < -0.3 is 5.32 Å². The number of hydrogen-bond acceptors (Lipinski definition) is 6. The number of amides is 1. The number of hydrogen-bond donors (Lipinski definition) is 2. The highest BCUT2D eigenvalue weighted by Crippen LogP contribution is 2.20. The van der Waals surface area contributed by atoms with E-state index in [0.717, 1.165) is 11.3 Å². The maximum atomic E-state index is 11.7. The van der Waals surface area contributed by atoms with Crippen LogP contribution < -0.4 is 10.0 Å². The van der Waals surface area contributed by atoms with Crippen LogP contribution in [0.3, 0.4) is 0 Å². The number of anilines is 1. The Labute approximate surface area is 110 Å². The second-order valence-electron chi connectivity index (χ2n) is 3.91. The molecule has 0 saturated carbocycles. The lowest BCUT2D eigenvalue weighted by Crippen LogP contribution is -2.24. The molecule has 1 aromatic heterocycles. The van der Waals surface area contributed by atoms with Crippen LogP contribution in [0.5, 0.6) is 0 Å². The van der Waals surface area contributed by atoms with Crippen LogP contribution >= 0.6 is 11.3 Å². The highest BCUT2D eigenvalue weighted by Gasteiger charge is 2.20. The molecule has 0 bridgehead atoms. The molecule has 102 valence electrons. The van der Waals surface area contributed by atoms with Gasteiger partial charge in [0.2, 0.25) is 15.4 Å². The zero-order valence-electron chi connectivity index (χ0n) is 10.4. The molecule has 0 aliphatic rings. The zero-order valence-corrected chi connectivity index (χ0v) is 12.1. The van der Waals surface area contributed by atoms with Gasteiger partial charge in [0.1, 0.15) is 0 Å².